The minimum absolute atomic E-state index is 0.00877. The third-order valence-electron chi connectivity index (χ3n) is 8.81. The molecule has 4 rings (SSSR count). The Balaban J connectivity index is 1.27. The van der Waals surface area contributed by atoms with Gasteiger partial charge in [-0.05, 0) is 89.3 Å². The van der Waals surface area contributed by atoms with Crippen molar-refractivity contribution in [2.45, 2.75) is 123 Å². The fourth-order valence-corrected chi connectivity index (χ4v) is 6.46. The number of carbonyl (C=O) groups excluding carboxylic acids is 5. The van der Waals surface area contributed by atoms with E-state index in [0.717, 1.165) is 4.68 Å². The van der Waals surface area contributed by atoms with Gasteiger partial charge >= 0.3 is 18.2 Å². The number of alkyl carbamates (subject to hydrolysis) is 1. The number of fused-ring (bicyclic) bond motifs is 1. The number of nitrogens with zero attached hydrogens (tertiary/aromatic N) is 2. The second-order valence-electron chi connectivity index (χ2n) is 15.2. The number of esters is 1. The molecule has 13 nitrogen and oxygen atoms in total. The Bertz CT molecular complexity index is 1660. The van der Waals surface area contributed by atoms with E-state index in [1.807, 2.05) is 13.8 Å². The number of hydrogen-bond acceptors (Lipinski definition) is 9. The number of carbonyl (C=O) groups is 5. The number of ketones is 1. The maximum atomic E-state index is 14.0. The summed E-state index contributed by atoms with van der Waals surface area (Å²) in [6.45, 7) is 9.45. The number of benzene rings is 1. The van der Waals surface area contributed by atoms with Crippen LogP contribution in [0.3, 0.4) is 0 Å². The summed E-state index contributed by atoms with van der Waals surface area (Å²) in [6.07, 6.45) is -1.92. The summed E-state index contributed by atoms with van der Waals surface area (Å²) in [7, 11) is 0. The molecule has 1 fully saturated rings. The fourth-order valence-electron chi connectivity index (χ4n) is 6.46. The number of amides is 3. The molecule has 0 unspecified atom stereocenters. The van der Waals surface area contributed by atoms with E-state index in [2.05, 4.69) is 21.0 Å². The smallest absolute Gasteiger partial charge is 0.435 e. The molecule has 52 heavy (non-hydrogen) atoms. The fraction of sp³-hybridized carbons (Fsp3) is 0.611. The predicted molar refractivity (Wildman–Crippen MR) is 185 cm³/mol. The molecule has 3 amide bonds. The number of nitrogens with one attached hydrogen (secondary N) is 3. The number of unbranched alkanes of at least 4 members (excludes halogenated alkanes) is 1. The first-order chi connectivity index (χ1) is 24.2. The highest BCUT2D eigenvalue weighted by molar-refractivity contribution is 6.00. The molecule has 2 aromatic rings. The molecule has 2 aliphatic carbocycles. The Labute approximate surface area is 300 Å². The van der Waals surface area contributed by atoms with Crippen LogP contribution in [0.25, 0.3) is 5.69 Å². The average molecular weight is 735 g/mol. The van der Waals surface area contributed by atoms with E-state index >= 15 is 0 Å². The van der Waals surface area contributed by atoms with Crippen molar-refractivity contribution in [3.8, 4) is 5.69 Å². The lowest BCUT2D eigenvalue weighted by Crippen LogP contribution is -2.33. The van der Waals surface area contributed by atoms with Crippen molar-refractivity contribution in [1.29, 1.82) is 0 Å². The number of aromatic nitrogens is 2. The van der Waals surface area contributed by atoms with Crippen molar-refractivity contribution in [2.24, 2.45) is 11.1 Å². The quantitative estimate of drug-likeness (QED) is 0.150. The number of rotatable bonds is 13. The van der Waals surface area contributed by atoms with E-state index in [4.69, 9.17) is 15.2 Å². The van der Waals surface area contributed by atoms with Gasteiger partial charge in [0.2, 0.25) is 5.91 Å². The van der Waals surface area contributed by atoms with E-state index < -0.39 is 52.2 Å². The first-order valence-corrected chi connectivity index (χ1v) is 17.6. The molecule has 2 aliphatic rings. The maximum absolute atomic E-state index is 14.0. The second kappa shape index (κ2) is 16.4. The van der Waals surface area contributed by atoms with Crippen molar-refractivity contribution in [3.05, 3.63) is 40.7 Å². The molecule has 1 aromatic carbocycles. The van der Waals surface area contributed by atoms with E-state index in [1.165, 1.54) is 18.2 Å². The maximum Gasteiger partial charge on any atom is 0.435 e. The Morgan fingerprint density at radius 1 is 0.981 bits per heavy atom. The predicted octanol–water partition coefficient (Wildman–Crippen LogP) is 5.61. The molecule has 286 valence electrons. The molecule has 0 spiro atoms. The van der Waals surface area contributed by atoms with Crippen molar-refractivity contribution in [1.82, 2.24) is 20.4 Å². The third kappa shape index (κ3) is 11.2. The largest absolute Gasteiger partial charge is 0.462 e. The average Bonchev–Trinajstić information content (AvgIpc) is 3.40. The highest BCUT2D eigenvalue weighted by atomic mass is 19.4. The number of ether oxygens (including phenoxy) is 2. The van der Waals surface area contributed by atoms with Crippen LogP contribution in [0.2, 0.25) is 0 Å². The normalized spacial score (nSPS) is 18.6. The Morgan fingerprint density at radius 3 is 2.31 bits per heavy atom. The number of hydrogen-bond donors (Lipinski definition) is 4. The van der Waals surface area contributed by atoms with Crippen LogP contribution in [0.4, 0.5) is 23.7 Å². The van der Waals surface area contributed by atoms with E-state index in [1.54, 1.807) is 20.8 Å². The summed E-state index contributed by atoms with van der Waals surface area (Å²) in [5.41, 5.74) is 3.71. The number of anilines is 1. The molecular formula is C36H49F3N6O7. The van der Waals surface area contributed by atoms with Gasteiger partial charge in [0, 0.05) is 37.7 Å². The lowest BCUT2D eigenvalue weighted by Gasteiger charge is -2.30. The minimum atomic E-state index is -4.83. The summed E-state index contributed by atoms with van der Waals surface area (Å²) < 4.78 is 53.9. The summed E-state index contributed by atoms with van der Waals surface area (Å²) in [6, 6.07) is 4.24. The van der Waals surface area contributed by atoms with Crippen LogP contribution >= 0.6 is 0 Å². The number of Topliss-reactive ketones (excluding diaryl/α,β-unsaturated/α-hetero) is 1. The second-order valence-corrected chi connectivity index (χ2v) is 15.2. The number of alkyl halides is 3. The van der Waals surface area contributed by atoms with Gasteiger partial charge in [-0.1, -0.05) is 13.8 Å². The van der Waals surface area contributed by atoms with Crippen LogP contribution in [0.1, 0.15) is 125 Å². The van der Waals surface area contributed by atoms with Gasteiger partial charge in [0.25, 0.3) is 5.91 Å². The molecular weight excluding hydrogens is 685 g/mol. The van der Waals surface area contributed by atoms with Gasteiger partial charge < -0.3 is 31.2 Å². The number of primary amides is 1. The summed E-state index contributed by atoms with van der Waals surface area (Å²) in [4.78, 5) is 61.4. The van der Waals surface area contributed by atoms with Gasteiger partial charge in [-0.15, -0.1) is 0 Å². The number of nitrogens with two attached hydrogens (primary N) is 1. The van der Waals surface area contributed by atoms with E-state index in [0.29, 0.717) is 50.8 Å². The highest BCUT2D eigenvalue weighted by Crippen LogP contribution is 2.42. The molecule has 1 aromatic heterocycles. The summed E-state index contributed by atoms with van der Waals surface area (Å²) >= 11 is 0. The lowest BCUT2D eigenvalue weighted by molar-refractivity contribution is -0.150. The monoisotopic (exact) mass is 734 g/mol. The van der Waals surface area contributed by atoms with Gasteiger partial charge in [0.15, 0.2) is 11.5 Å². The van der Waals surface area contributed by atoms with Crippen LogP contribution in [0.15, 0.2) is 18.2 Å². The summed E-state index contributed by atoms with van der Waals surface area (Å²) in [5, 5.41) is 12.5. The van der Waals surface area contributed by atoms with Gasteiger partial charge in [-0.2, -0.15) is 18.3 Å². The molecule has 0 bridgehead atoms. The van der Waals surface area contributed by atoms with Crippen LogP contribution in [0, 0.1) is 5.41 Å². The van der Waals surface area contributed by atoms with Crippen molar-refractivity contribution >= 4 is 35.3 Å². The van der Waals surface area contributed by atoms with Gasteiger partial charge in [0.05, 0.1) is 28.9 Å². The molecule has 0 saturated heterocycles. The van der Waals surface area contributed by atoms with Crippen molar-refractivity contribution < 1.29 is 46.6 Å². The summed E-state index contributed by atoms with van der Waals surface area (Å²) in [5.74, 6) is -1.99. The minimum Gasteiger partial charge on any atom is -0.462 e. The number of halogens is 3. The van der Waals surface area contributed by atoms with Crippen LogP contribution in [-0.4, -0.2) is 70.3 Å². The standard InChI is InChI=1S/C36H49F3N6O7/c1-34(2,3)52-33(50)42-16-7-6-8-28(47)41-17-15-29(48)51-23-12-9-21(10-13-23)43-25-18-22(11-14-24(25)32(40)49)45-26-19-35(4,5)20-27(46)30(26)31(44-45)36(37,38)39/h11,14,18,21,23,43H,6-10,12-13,15-17,19-20H2,1-5H3,(H2,40,49)(H,41,47)(H,42,50). The molecule has 1 saturated carbocycles. The Morgan fingerprint density at radius 2 is 1.67 bits per heavy atom. The first-order valence-electron chi connectivity index (χ1n) is 17.6. The van der Waals surface area contributed by atoms with Gasteiger partial charge in [-0.3, -0.25) is 19.2 Å². The highest BCUT2D eigenvalue weighted by Gasteiger charge is 2.45. The van der Waals surface area contributed by atoms with Crippen LogP contribution in [0.5, 0.6) is 0 Å². The zero-order chi connectivity index (χ0) is 38.4. The molecule has 1 heterocycles. The molecule has 0 aliphatic heterocycles. The van der Waals surface area contributed by atoms with Crippen LogP contribution in [-0.2, 0) is 31.7 Å². The SMILES string of the molecule is CC1(C)CC(=O)c2c(C(F)(F)F)nn(-c3ccc(C(N)=O)c(NC4CCC(OC(=O)CCNC(=O)CCCCNC(=O)OC(C)(C)C)CC4)c3)c2C1. The van der Waals surface area contributed by atoms with E-state index in [-0.39, 0.29) is 67.2 Å². The molecule has 16 heteroatoms. The van der Waals surface area contributed by atoms with Crippen molar-refractivity contribution in [2.75, 3.05) is 18.4 Å². The molecule has 5 N–H and O–H groups in total. The zero-order valence-electron chi connectivity index (χ0n) is 30.3. The first kappa shape index (κ1) is 40.1. The molecule has 0 atom stereocenters. The third-order valence-corrected chi connectivity index (χ3v) is 8.81. The van der Waals surface area contributed by atoms with E-state index in [9.17, 15) is 37.1 Å². The van der Waals surface area contributed by atoms with Gasteiger partial charge in [-0.25, -0.2) is 9.48 Å². The lowest BCUT2D eigenvalue weighted by atomic mass is 9.75. The van der Waals surface area contributed by atoms with Crippen LogP contribution < -0.4 is 21.7 Å². The Kier molecular flexibility index (Phi) is 12.6. The Hall–Kier alpha value is -4.63. The van der Waals surface area contributed by atoms with Crippen molar-refractivity contribution in [3.63, 3.8) is 0 Å². The van der Waals surface area contributed by atoms with Gasteiger partial charge in [0.1, 0.15) is 11.7 Å². The zero-order valence-corrected chi connectivity index (χ0v) is 30.3. The molecule has 0 radical (unpaired) electrons. The topological polar surface area (TPSA) is 184 Å².